The normalized spacial score (nSPS) is 11.2. The maximum Gasteiger partial charge on any atom is 0.254 e. The smallest absolute Gasteiger partial charge is 0.254 e. The quantitative estimate of drug-likeness (QED) is 0.673. The number of carbonyl (C=O) groups excluding carboxylic acids is 1. The highest BCUT2D eigenvalue weighted by Crippen LogP contribution is 2.24. The molecule has 0 fully saturated rings. The second-order valence-corrected chi connectivity index (χ2v) is 8.03. The van der Waals surface area contributed by atoms with Gasteiger partial charge in [0.1, 0.15) is 5.82 Å². The van der Waals surface area contributed by atoms with E-state index in [1.54, 1.807) is 12.3 Å². The molecular formula is C22H25ClN4O. The van der Waals surface area contributed by atoms with Crippen molar-refractivity contribution in [3.8, 4) is 0 Å². The number of pyridine rings is 2. The van der Waals surface area contributed by atoms with Crippen LogP contribution >= 0.6 is 11.6 Å². The Labute approximate surface area is 170 Å². The van der Waals surface area contributed by atoms with Crippen molar-refractivity contribution < 1.29 is 4.79 Å². The Morgan fingerprint density at radius 3 is 2.57 bits per heavy atom. The van der Waals surface area contributed by atoms with Gasteiger partial charge in [0.05, 0.1) is 22.8 Å². The van der Waals surface area contributed by atoms with Gasteiger partial charge in [-0.2, -0.15) is 0 Å². The Morgan fingerprint density at radius 1 is 1.18 bits per heavy atom. The minimum absolute atomic E-state index is 0.0145. The Hall–Kier alpha value is -2.66. The van der Waals surface area contributed by atoms with Crippen LogP contribution in [0.4, 0.5) is 5.82 Å². The highest BCUT2D eigenvalue weighted by Gasteiger charge is 2.20. The largest absolute Gasteiger partial charge is 0.383 e. The topological polar surface area (TPSA) is 72.1 Å². The molecule has 2 N–H and O–H groups in total. The highest BCUT2D eigenvalue weighted by atomic mass is 35.5. The first kappa shape index (κ1) is 20.1. The maximum atomic E-state index is 13.4. The van der Waals surface area contributed by atoms with E-state index in [2.05, 4.69) is 23.8 Å². The average molecular weight is 397 g/mol. The summed E-state index contributed by atoms with van der Waals surface area (Å²) in [4.78, 5) is 24.0. The number of benzene rings is 1. The predicted octanol–water partition coefficient (Wildman–Crippen LogP) is 4.78. The minimum atomic E-state index is -0.0145. The molecule has 146 valence electrons. The van der Waals surface area contributed by atoms with E-state index in [1.165, 1.54) is 0 Å². The second kappa shape index (κ2) is 8.15. The van der Waals surface area contributed by atoms with Gasteiger partial charge < -0.3 is 10.6 Å². The maximum absolute atomic E-state index is 13.4. The number of fused-ring (bicyclic) bond motifs is 1. The number of carbonyl (C=O) groups is 1. The van der Waals surface area contributed by atoms with Crippen LogP contribution in [-0.2, 0) is 6.54 Å². The van der Waals surface area contributed by atoms with Gasteiger partial charge in [-0.05, 0) is 61.2 Å². The first-order valence-corrected chi connectivity index (χ1v) is 9.69. The van der Waals surface area contributed by atoms with E-state index in [1.807, 2.05) is 43.0 Å². The Morgan fingerprint density at radius 2 is 1.93 bits per heavy atom. The summed E-state index contributed by atoms with van der Waals surface area (Å²) in [5.41, 5.74) is 9.99. The van der Waals surface area contributed by atoms with Gasteiger partial charge in [0.25, 0.3) is 5.91 Å². The van der Waals surface area contributed by atoms with E-state index in [0.717, 1.165) is 27.7 Å². The zero-order chi connectivity index (χ0) is 20.4. The molecule has 2 aromatic heterocycles. The number of aromatic nitrogens is 2. The van der Waals surface area contributed by atoms with Gasteiger partial charge >= 0.3 is 0 Å². The molecule has 0 aliphatic heterocycles. The number of hydrogen-bond donors (Lipinski definition) is 1. The van der Waals surface area contributed by atoms with Gasteiger partial charge in [-0.15, -0.1) is 0 Å². The standard InChI is InChI=1S/C22H25ClN4O/c1-13(2)11-27(12-18-6-5-17(23)10-25-18)22(28)19-9-16-7-15(4)21(24)26-20(16)8-14(19)3/h5-10,13H,11-12H2,1-4H3,(H2,24,26). The summed E-state index contributed by atoms with van der Waals surface area (Å²) < 4.78 is 0. The number of anilines is 1. The van der Waals surface area contributed by atoms with Gasteiger partial charge in [0.15, 0.2) is 0 Å². The molecule has 0 saturated heterocycles. The first-order valence-electron chi connectivity index (χ1n) is 9.31. The van der Waals surface area contributed by atoms with Crippen LogP contribution in [0.2, 0.25) is 5.02 Å². The van der Waals surface area contributed by atoms with Crippen molar-refractivity contribution in [2.45, 2.75) is 34.2 Å². The molecule has 1 aromatic carbocycles. The molecule has 1 amide bonds. The van der Waals surface area contributed by atoms with Crippen molar-refractivity contribution in [2.24, 2.45) is 5.92 Å². The van der Waals surface area contributed by atoms with Crippen LogP contribution in [0.15, 0.2) is 36.5 Å². The number of nitrogen functional groups attached to an aromatic ring is 1. The van der Waals surface area contributed by atoms with Crippen LogP contribution in [0.25, 0.3) is 10.9 Å². The number of hydrogen-bond acceptors (Lipinski definition) is 4. The van der Waals surface area contributed by atoms with Crippen LogP contribution in [0.3, 0.4) is 0 Å². The summed E-state index contributed by atoms with van der Waals surface area (Å²) in [5.74, 6) is 0.835. The number of amides is 1. The van der Waals surface area contributed by atoms with Crippen LogP contribution in [0.1, 0.15) is 41.0 Å². The van der Waals surface area contributed by atoms with Crippen molar-refractivity contribution in [1.29, 1.82) is 0 Å². The van der Waals surface area contributed by atoms with E-state index in [9.17, 15) is 4.79 Å². The lowest BCUT2D eigenvalue weighted by molar-refractivity contribution is 0.0720. The zero-order valence-electron chi connectivity index (χ0n) is 16.7. The number of nitrogens with two attached hydrogens (primary N) is 1. The van der Waals surface area contributed by atoms with Crippen LogP contribution < -0.4 is 5.73 Å². The Balaban J connectivity index is 1.98. The molecule has 5 nitrogen and oxygen atoms in total. The fraction of sp³-hybridized carbons (Fsp3) is 0.318. The lowest BCUT2D eigenvalue weighted by atomic mass is 10.0. The molecule has 3 aromatic rings. The third-order valence-corrected chi connectivity index (χ3v) is 4.86. The third-order valence-electron chi connectivity index (χ3n) is 4.64. The summed E-state index contributed by atoms with van der Waals surface area (Å²) in [6, 6.07) is 9.46. The molecule has 6 heteroatoms. The van der Waals surface area contributed by atoms with Crippen LogP contribution in [-0.4, -0.2) is 27.3 Å². The van der Waals surface area contributed by atoms with Gasteiger partial charge in [0.2, 0.25) is 0 Å². The fourth-order valence-electron chi connectivity index (χ4n) is 3.20. The Kier molecular flexibility index (Phi) is 5.84. The number of nitrogens with zero attached hydrogens (tertiary/aromatic N) is 3. The molecule has 0 unspecified atom stereocenters. The van der Waals surface area contributed by atoms with Gasteiger partial charge in [0, 0.05) is 23.7 Å². The zero-order valence-corrected chi connectivity index (χ0v) is 17.4. The van der Waals surface area contributed by atoms with E-state index < -0.39 is 0 Å². The molecule has 0 aliphatic carbocycles. The summed E-state index contributed by atoms with van der Waals surface area (Å²) in [6.07, 6.45) is 1.61. The van der Waals surface area contributed by atoms with Gasteiger partial charge in [-0.1, -0.05) is 25.4 Å². The summed E-state index contributed by atoms with van der Waals surface area (Å²) >= 11 is 5.93. The molecular weight excluding hydrogens is 372 g/mol. The first-order chi connectivity index (χ1) is 13.2. The van der Waals surface area contributed by atoms with E-state index >= 15 is 0 Å². The average Bonchev–Trinajstić information content (AvgIpc) is 2.63. The molecule has 0 aliphatic rings. The number of rotatable bonds is 5. The SMILES string of the molecule is Cc1cc2nc(N)c(C)cc2cc1C(=O)N(Cc1ccc(Cl)cn1)CC(C)C. The molecule has 0 spiro atoms. The number of aryl methyl sites for hydroxylation is 2. The van der Waals surface area contributed by atoms with Crippen molar-refractivity contribution in [3.05, 3.63) is 63.9 Å². The minimum Gasteiger partial charge on any atom is -0.383 e. The van der Waals surface area contributed by atoms with Crippen LogP contribution in [0.5, 0.6) is 0 Å². The summed E-state index contributed by atoms with van der Waals surface area (Å²) in [6.45, 7) is 9.11. The lowest BCUT2D eigenvalue weighted by Gasteiger charge is -2.25. The number of halogens is 1. The fourth-order valence-corrected chi connectivity index (χ4v) is 3.32. The second-order valence-electron chi connectivity index (χ2n) is 7.60. The molecule has 0 atom stereocenters. The predicted molar refractivity (Wildman–Crippen MR) is 114 cm³/mol. The molecule has 28 heavy (non-hydrogen) atoms. The van der Waals surface area contributed by atoms with E-state index in [0.29, 0.717) is 35.4 Å². The molecule has 0 bridgehead atoms. The molecule has 3 rings (SSSR count). The van der Waals surface area contributed by atoms with Crippen molar-refractivity contribution >= 4 is 34.2 Å². The van der Waals surface area contributed by atoms with Crippen LogP contribution in [0, 0.1) is 19.8 Å². The molecule has 0 radical (unpaired) electrons. The molecule has 2 heterocycles. The van der Waals surface area contributed by atoms with E-state index in [-0.39, 0.29) is 5.91 Å². The summed E-state index contributed by atoms with van der Waals surface area (Å²) in [5, 5.41) is 1.49. The third kappa shape index (κ3) is 4.42. The van der Waals surface area contributed by atoms with Crippen molar-refractivity contribution in [1.82, 2.24) is 14.9 Å². The van der Waals surface area contributed by atoms with E-state index in [4.69, 9.17) is 17.3 Å². The lowest BCUT2D eigenvalue weighted by Crippen LogP contribution is -2.34. The Bertz CT molecular complexity index is 1020. The van der Waals surface area contributed by atoms with Gasteiger partial charge in [-0.3, -0.25) is 9.78 Å². The molecule has 0 saturated carbocycles. The summed E-state index contributed by atoms with van der Waals surface area (Å²) in [7, 11) is 0. The monoisotopic (exact) mass is 396 g/mol. The highest BCUT2D eigenvalue weighted by molar-refractivity contribution is 6.30. The van der Waals surface area contributed by atoms with Crippen molar-refractivity contribution in [2.75, 3.05) is 12.3 Å². The van der Waals surface area contributed by atoms with Crippen molar-refractivity contribution in [3.63, 3.8) is 0 Å². The van der Waals surface area contributed by atoms with Gasteiger partial charge in [-0.25, -0.2) is 4.98 Å².